The van der Waals surface area contributed by atoms with Gasteiger partial charge in [0.25, 0.3) is 5.56 Å². The van der Waals surface area contributed by atoms with Crippen LogP contribution >= 0.6 is 11.6 Å². The first kappa shape index (κ1) is 14.9. The highest BCUT2D eigenvalue weighted by atomic mass is 35.5. The molecule has 0 radical (unpaired) electrons. The highest BCUT2D eigenvalue weighted by Crippen LogP contribution is 2.29. The third-order valence-corrected chi connectivity index (χ3v) is 5.00. The molecule has 2 heterocycles. The van der Waals surface area contributed by atoms with Crippen LogP contribution < -0.4 is 15.8 Å². The molecule has 1 aromatic rings. The van der Waals surface area contributed by atoms with Crippen molar-refractivity contribution >= 4 is 17.3 Å². The molecule has 2 fully saturated rings. The van der Waals surface area contributed by atoms with Gasteiger partial charge in [0.05, 0.1) is 11.2 Å². The minimum Gasteiger partial charge on any atom is -0.365 e. The molecule has 0 spiro atoms. The summed E-state index contributed by atoms with van der Waals surface area (Å²) in [5, 5.41) is 7.91. The van der Waals surface area contributed by atoms with Crippen LogP contribution in [0.1, 0.15) is 25.7 Å². The van der Waals surface area contributed by atoms with Crippen molar-refractivity contribution < 1.29 is 0 Å². The number of nitrogens with zero attached hydrogens (tertiary/aromatic N) is 3. The van der Waals surface area contributed by atoms with Crippen LogP contribution in [0.3, 0.4) is 0 Å². The van der Waals surface area contributed by atoms with Crippen molar-refractivity contribution in [3.8, 4) is 0 Å². The molecule has 21 heavy (non-hydrogen) atoms. The summed E-state index contributed by atoms with van der Waals surface area (Å²) in [7, 11) is 1.97. The van der Waals surface area contributed by atoms with Crippen molar-refractivity contribution in [2.24, 2.45) is 11.8 Å². The van der Waals surface area contributed by atoms with E-state index in [4.69, 9.17) is 11.6 Å². The highest BCUT2D eigenvalue weighted by Gasteiger charge is 2.27. The Balaban J connectivity index is 1.80. The van der Waals surface area contributed by atoms with E-state index in [1.165, 1.54) is 19.3 Å². The molecule has 1 N–H and O–H groups in total. The van der Waals surface area contributed by atoms with E-state index >= 15 is 0 Å². The second-order valence-electron chi connectivity index (χ2n) is 6.28. The van der Waals surface area contributed by atoms with Crippen molar-refractivity contribution in [2.75, 3.05) is 31.6 Å². The average molecular weight is 311 g/mol. The number of nitrogens with one attached hydrogen (secondary N) is 1. The summed E-state index contributed by atoms with van der Waals surface area (Å²) in [5.74, 6) is 1.19. The zero-order valence-electron chi connectivity index (χ0n) is 12.5. The van der Waals surface area contributed by atoms with Crippen LogP contribution in [0, 0.1) is 11.8 Å². The number of anilines is 1. The van der Waals surface area contributed by atoms with E-state index in [1.807, 2.05) is 7.05 Å². The molecule has 1 unspecified atom stereocenters. The van der Waals surface area contributed by atoms with Gasteiger partial charge in [-0.05, 0) is 44.7 Å². The summed E-state index contributed by atoms with van der Waals surface area (Å²) in [6.45, 7) is 3.50. The molecule has 5 nitrogen and oxygen atoms in total. The van der Waals surface area contributed by atoms with Gasteiger partial charge in [-0.15, -0.1) is 0 Å². The molecular weight excluding hydrogens is 288 g/mol. The first-order chi connectivity index (χ1) is 10.2. The lowest BCUT2D eigenvalue weighted by Gasteiger charge is -2.26. The van der Waals surface area contributed by atoms with Crippen molar-refractivity contribution in [2.45, 2.75) is 32.2 Å². The van der Waals surface area contributed by atoms with Crippen molar-refractivity contribution in [3.63, 3.8) is 0 Å². The van der Waals surface area contributed by atoms with Gasteiger partial charge in [-0.1, -0.05) is 18.0 Å². The fraction of sp³-hybridized carbons (Fsp3) is 0.733. The number of halogens is 1. The number of rotatable bonds is 5. The second-order valence-corrected chi connectivity index (χ2v) is 6.69. The molecule has 1 saturated carbocycles. The molecular formula is C15H23ClN4O. The monoisotopic (exact) mass is 310 g/mol. The standard InChI is InChI=1S/C15H23ClN4O/c1-17-7-12-5-6-19(9-12)14-13(16)8-18-20(15(14)21)10-11-3-2-4-11/h8,11-12,17H,2-7,9-10H2,1H3. The maximum absolute atomic E-state index is 12.7. The summed E-state index contributed by atoms with van der Waals surface area (Å²) in [6, 6.07) is 0. The fourth-order valence-corrected chi connectivity index (χ4v) is 3.53. The Morgan fingerprint density at radius 1 is 1.38 bits per heavy atom. The minimum absolute atomic E-state index is 0.0282. The van der Waals surface area contributed by atoms with E-state index in [1.54, 1.807) is 10.9 Å². The minimum atomic E-state index is -0.0282. The summed E-state index contributed by atoms with van der Waals surface area (Å²) in [4.78, 5) is 14.8. The first-order valence-electron chi connectivity index (χ1n) is 7.84. The van der Waals surface area contributed by atoms with Gasteiger partial charge in [0.1, 0.15) is 5.69 Å². The van der Waals surface area contributed by atoms with E-state index in [-0.39, 0.29) is 5.56 Å². The van der Waals surface area contributed by atoms with E-state index in [0.717, 1.165) is 32.6 Å². The van der Waals surface area contributed by atoms with Gasteiger partial charge >= 0.3 is 0 Å². The quantitative estimate of drug-likeness (QED) is 0.900. The smallest absolute Gasteiger partial charge is 0.291 e. The van der Waals surface area contributed by atoms with Crippen molar-refractivity contribution in [1.82, 2.24) is 15.1 Å². The predicted octanol–water partition coefficient (Wildman–Crippen LogP) is 1.74. The Bertz CT molecular complexity index is 555. The van der Waals surface area contributed by atoms with Crippen LogP contribution in [0.2, 0.25) is 5.02 Å². The van der Waals surface area contributed by atoms with Gasteiger partial charge in [-0.3, -0.25) is 4.79 Å². The third kappa shape index (κ3) is 3.09. The van der Waals surface area contributed by atoms with E-state index in [0.29, 0.717) is 22.5 Å². The van der Waals surface area contributed by atoms with Crippen molar-refractivity contribution in [3.05, 3.63) is 21.6 Å². The molecule has 3 rings (SSSR count). The SMILES string of the molecule is CNCC1CCN(c2c(Cl)cnn(CC3CCC3)c2=O)C1. The molecule has 6 heteroatoms. The van der Waals surface area contributed by atoms with Gasteiger partial charge in [-0.25, -0.2) is 4.68 Å². The van der Waals surface area contributed by atoms with Gasteiger partial charge in [0, 0.05) is 19.6 Å². The van der Waals surface area contributed by atoms with Crippen LogP contribution in [-0.2, 0) is 6.54 Å². The summed E-state index contributed by atoms with van der Waals surface area (Å²) in [6.07, 6.45) is 6.42. The normalized spacial score (nSPS) is 22.6. The Labute approximate surface area is 130 Å². The molecule has 116 valence electrons. The third-order valence-electron chi connectivity index (χ3n) is 4.72. The molecule has 1 aliphatic carbocycles. The molecule has 1 atom stereocenters. The van der Waals surface area contributed by atoms with E-state index in [2.05, 4.69) is 15.3 Å². The molecule has 1 saturated heterocycles. The van der Waals surface area contributed by atoms with E-state index < -0.39 is 0 Å². The molecule has 0 bridgehead atoms. The molecule has 0 aromatic carbocycles. The Morgan fingerprint density at radius 3 is 2.86 bits per heavy atom. The zero-order valence-corrected chi connectivity index (χ0v) is 13.3. The lowest BCUT2D eigenvalue weighted by Crippen LogP contribution is -2.35. The van der Waals surface area contributed by atoms with Gasteiger partial charge in [0.15, 0.2) is 0 Å². The van der Waals surface area contributed by atoms with Crippen LogP contribution in [0.4, 0.5) is 5.69 Å². The Kier molecular flexibility index (Phi) is 4.50. The molecule has 1 aliphatic heterocycles. The number of hydrogen-bond donors (Lipinski definition) is 1. The number of hydrogen-bond acceptors (Lipinski definition) is 4. The zero-order chi connectivity index (χ0) is 14.8. The van der Waals surface area contributed by atoms with Crippen molar-refractivity contribution in [1.29, 1.82) is 0 Å². The lowest BCUT2D eigenvalue weighted by atomic mass is 9.85. The average Bonchev–Trinajstić information content (AvgIpc) is 2.85. The summed E-state index contributed by atoms with van der Waals surface area (Å²) >= 11 is 6.26. The molecule has 2 aliphatic rings. The van der Waals surface area contributed by atoms with Crippen LogP contribution in [0.5, 0.6) is 0 Å². The first-order valence-corrected chi connectivity index (χ1v) is 8.22. The van der Waals surface area contributed by atoms with Crippen LogP contribution in [0.25, 0.3) is 0 Å². The summed E-state index contributed by atoms with van der Waals surface area (Å²) in [5.41, 5.74) is 0.615. The van der Waals surface area contributed by atoms with E-state index in [9.17, 15) is 4.79 Å². The fourth-order valence-electron chi connectivity index (χ4n) is 3.29. The summed E-state index contributed by atoms with van der Waals surface area (Å²) < 4.78 is 1.61. The van der Waals surface area contributed by atoms with Gasteiger partial charge in [0.2, 0.25) is 0 Å². The predicted molar refractivity (Wildman–Crippen MR) is 85.1 cm³/mol. The van der Waals surface area contributed by atoms with Crippen LogP contribution in [0.15, 0.2) is 11.0 Å². The van der Waals surface area contributed by atoms with Gasteiger partial charge < -0.3 is 10.2 Å². The Morgan fingerprint density at radius 2 is 2.19 bits per heavy atom. The lowest BCUT2D eigenvalue weighted by molar-refractivity contribution is 0.262. The topological polar surface area (TPSA) is 50.2 Å². The van der Waals surface area contributed by atoms with Crippen LogP contribution in [-0.4, -0.2) is 36.5 Å². The largest absolute Gasteiger partial charge is 0.365 e. The maximum atomic E-state index is 12.7. The van der Waals surface area contributed by atoms with Gasteiger partial charge in [-0.2, -0.15) is 5.10 Å². The maximum Gasteiger partial charge on any atom is 0.291 e. The highest BCUT2D eigenvalue weighted by molar-refractivity contribution is 6.33. The molecule has 1 aromatic heterocycles. The Hall–Kier alpha value is -1.07. The second kappa shape index (κ2) is 6.36. The molecule has 0 amide bonds. The number of aromatic nitrogens is 2.